The number of nitrogens with one attached hydrogen (secondary N) is 2. The van der Waals surface area contributed by atoms with Gasteiger partial charge < -0.3 is 25.0 Å². The number of anilines is 3. The molecule has 0 saturated carbocycles. The summed E-state index contributed by atoms with van der Waals surface area (Å²) < 4.78 is 42.9. The largest absolute Gasteiger partial charge is 0.416 e. The number of amides is 1. The van der Waals surface area contributed by atoms with Crippen LogP contribution < -0.4 is 26.0 Å². The number of carbonyl (C=O) groups is 1. The van der Waals surface area contributed by atoms with E-state index in [0.29, 0.717) is 60.9 Å². The van der Waals surface area contributed by atoms with Gasteiger partial charge in [-0.3, -0.25) is 9.59 Å². The van der Waals surface area contributed by atoms with Crippen LogP contribution in [-0.2, 0) is 36.8 Å². The highest BCUT2D eigenvalue weighted by Crippen LogP contribution is 2.41. The first-order chi connectivity index (χ1) is 17.6. The average molecular weight is 519 g/mol. The predicted octanol–water partition coefficient (Wildman–Crippen LogP) is 1.69. The maximum Gasteiger partial charge on any atom is 0.416 e. The zero-order chi connectivity index (χ0) is 26.5. The highest BCUT2D eigenvalue weighted by Gasteiger charge is 2.37. The predicted molar refractivity (Wildman–Crippen MR) is 134 cm³/mol. The van der Waals surface area contributed by atoms with E-state index < -0.39 is 17.6 Å². The molecule has 0 radical (unpaired) electrons. The Kier molecular flexibility index (Phi) is 6.34. The summed E-state index contributed by atoms with van der Waals surface area (Å²) in [6.07, 6.45) is -3.16. The molecule has 2 aromatic heterocycles. The number of carbonyl (C=O) groups excluding carboxylic acids is 1. The topological polar surface area (TPSA) is 99.8 Å². The van der Waals surface area contributed by atoms with Crippen LogP contribution in [0.4, 0.5) is 30.5 Å². The number of halogens is 3. The van der Waals surface area contributed by atoms with Crippen LogP contribution in [-0.4, -0.2) is 65.3 Å². The molecule has 2 aliphatic rings. The fraction of sp³-hybridized carbons (Fsp3) is 0.500. The molecular weight excluding hydrogens is 489 g/mol. The molecule has 0 bridgehead atoms. The van der Waals surface area contributed by atoms with E-state index in [2.05, 4.69) is 20.7 Å². The second kappa shape index (κ2) is 9.36. The highest BCUT2D eigenvalue weighted by atomic mass is 19.4. The number of rotatable bonds is 6. The van der Waals surface area contributed by atoms with Gasteiger partial charge in [-0.25, -0.2) is 0 Å². The summed E-state index contributed by atoms with van der Waals surface area (Å²) in [6, 6.07) is 2.33. The lowest BCUT2D eigenvalue weighted by Crippen LogP contribution is -2.47. The molecule has 198 valence electrons. The summed E-state index contributed by atoms with van der Waals surface area (Å²) in [5.74, 6) is 0.143. The van der Waals surface area contributed by atoms with Gasteiger partial charge in [0.25, 0.3) is 5.56 Å². The molecular formula is C24H29F3N8O2. The van der Waals surface area contributed by atoms with Crippen LogP contribution in [0.15, 0.2) is 16.9 Å². The molecule has 0 atom stereocenters. The monoisotopic (exact) mass is 518 g/mol. The number of benzene rings is 1. The van der Waals surface area contributed by atoms with Crippen LogP contribution in [0.1, 0.15) is 29.3 Å². The van der Waals surface area contributed by atoms with Gasteiger partial charge in [0.05, 0.1) is 11.3 Å². The van der Waals surface area contributed by atoms with Crippen molar-refractivity contribution >= 4 is 29.0 Å². The summed E-state index contributed by atoms with van der Waals surface area (Å²) in [7, 11) is 3.52. The molecule has 1 aliphatic heterocycles. The van der Waals surface area contributed by atoms with E-state index in [0.717, 1.165) is 19.2 Å². The van der Waals surface area contributed by atoms with Crippen LogP contribution in [0.25, 0.3) is 5.78 Å². The van der Waals surface area contributed by atoms with E-state index in [-0.39, 0.29) is 23.4 Å². The summed E-state index contributed by atoms with van der Waals surface area (Å²) in [6.45, 7) is 4.45. The molecule has 1 amide bonds. The van der Waals surface area contributed by atoms with E-state index in [1.807, 2.05) is 11.8 Å². The second-order valence-electron chi connectivity index (χ2n) is 9.46. The lowest BCUT2D eigenvalue weighted by molar-refractivity contribution is -0.138. The van der Waals surface area contributed by atoms with Gasteiger partial charge >= 0.3 is 6.18 Å². The summed E-state index contributed by atoms with van der Waals surface area (Å²) in [5.41, 5.74) is 1.33. The van der Waals surface area contributed by atoms with Crippen LogP contribution in [0.3, 0.4) is 0 Å². The maximum atomic E-state index is 13.5. The number of nitrogens with zero attached hydrogens (tertiary/aromatic N) is 6. The minimum Gasteiger partial charge on any atom is -0.363 e. The van der Waals surface area contributed by atoms with Crippen molar-refractivity contribution in [2.45, 2.75) is 38.9 Å². The van der Waals surface area contributed by atoms with Crippen molar-refractivity contribution in [3.05, 3.63) is 44.9 Å². The molecule has 0 spiro atoms. The zero-order valence-electron chi connectivity index (χ0n) is 20.9. The van der Waals surface area contributed by atoms with Crippen molar-refractivity contribution in [1.82, 2.24) is 24.5 Å². The SMILES string of the molecule is CCc1c(N2CCNCC2)c(=O)n2nc(N(C)C)nc2n1CC(=O)Nc1ccc(C(F)(F)F)c2c1CC2. The summed E-state index contributed by atoms with van der Waals surface area (Å²) >= 11 is 0. The Morgan fingerprint density at radius 1 is 1.16 bits per heavy atom. The van der Waals surface area contributed by atoms with Gasteiger partial charge in [0.15, 0.2) is 0 Å². The standard InChI is InChI=1S/C24H29F3N8O2/c1-4-18-20(33-11-9-28-10-12-33)21(37)35-23(30-22(31-35)32(2)3)34(18)13-19(36)29-17-8-7-16(24(25,26)27)14-5-6-15(14)17/h7-8,28H,4-6,9-13H2,1-3H3,(H,29,36). The number of alkyl halides is 3. The molecule has 1 fully saturated rings. The van der Waals surface area contributed by atoms with E-state index in [1.165, 1.54) is 10.6 Å². The number of hydrogen-bond donors (Lipinski definition) is 2. The van der Waals surface area contributed by atoms with Crippen LogP contribution in [0, 0.1) is 0 Å². The Balaban J connectivity index is 1.55. The third kappa shape index (κ3) is 4.41. The highest BCUT2D eigenvalue weighted by molar-refractivity contribution is 5.92. The first-order valence-electron chi connectivity index (χ1n) is 12.3. The number of piperazine rings is 1. The molecule has 2 N–H and O–H groups in total. The van der Waals surface area contributed by atoms with Crippen molar-refractivity contribution < 1.29 is 18.0 Å². The van der Waals surface area contributed by atoms with Crippen molar-refractivity contribution in [2.24, 2.45) is 0 Å². The Morgan fingerprint density at radius 2 is 1.86 bits per heavy atom. The Labute approximate surface area is 211 Å². The van der Waals surface area contributed by atoms with Crippen molar-refractivity contribution in [1.29, 1.82) is 0 Å². The first kappa shape index (κ1) is 25.1. The van der Waals surface area contributed by atoms with Gasteiger partial charge in [-0.05, 0) is 42.5 Å². The number of hydrogen-bond acceptors (Lipinski definition) is 7. The van der Waals surface area contributed by atoms with E-state index in [4.69, 9.17) is 0 Å². The summed E-state index contributed by atoms with van der Waals surface area (Å²) in [4.78, 5) is 35.0. The fourth-order valence-corrected chi connectivity index (χ4v) is 5.05. The maximum absolute atomic E-state index is 13.5. The van der Waals surface area contributed by atoms with E-state index in [9.17, 15) is 22.8 Å². The second-order valence-corrected chi connectivity index (χ2v) is 9.46. The number of aromatic nitrogens is 4. The Morgan fingerprint density at radius 3 is 2.46 bits per heavy atom. The fourth-order valence-electron chi connectivity index (χ4n) is 5.05. The van der Waals surface area contributed by atoms with Gasteiger partial charge in [0, 0.05) is 46.0 Å². The molecule has 3 heterocycles. The molecule has 10 nitrogen and oxygen atoms in total. The van der Waals surface area contributed by atoms with Gasteiger partial charge in [-0.1, -0.05) is 6.92 Å². The van der Waals surface area contributed by atoms with Gasteiger partial charge in [-0.15, -0.1) is 5.10 Å². The molecule has 5 rings (SSSR count). The van der Waals surface area contributed by atoms with Gasteiger partial charge in [0.2, 0.25) is 17.6 Å². The molecule has 3 aromatic rings. The average Bonchev–Trinajstić information content (AvgIpc) is 3.28. The van der Waals surface area contributed by atoms with Crippen LogP contribution >= 0.6 is 0 Å². The number of fused-ring (bicyclic) bond motifs is 2. The van der Waals surface area contributed by atoms with E-state index in [1.54, 1.807) is 23.6 Å². The Hall–Kier alpha value is -3.61. The van der Waals surface area contributed by atoms with E-state index >= 15 is 0 Å². The van der Waals surface area contributed by atoms with Crippen molar-refractivity contribution in [2.75, 3.05) is 55.4 Å². The Bertz CT molecular complexity index is 1420. The molecule has 13 heteroatoms. The van der Waals surface area contributed by atoms with Gasteiger partial charge in [-0.2, -0.15) is 22.7 Å². The minimum absolute atomic E-state index is 0.173. The molecule has 0 unspecified atom stereocenters. The normalized spacial score (nSPS) is 15.5. The third-order valence-electron chi connectivity index (χ3n) is 6.92. The lowest BCUT2D eigenvalue weighted by atomic mass is 9.83. The lowest BCUT2D eigenvalue weighted by Gasteiger charge is -2.31. The third-order valence-corrected chi connectivity index (χ3v) is 6.92. The van der Waals surface area contributed by atoms with Crippen molar-refractivity contribution in [3.63, 3.8) is 0 Å². The molecule has 37 heavy (non-hydrogen) atoms. The van der Waals surface area contributed by atoms with Gasteiger partial charge in [0.1, 0.15) is 12.2 Å². The zero-order valence-corrected chi connectivity index (χ0v) is 20.9. The first-order valence-corrected chi connectivity index (χ1v) is 12.3. The van der Waals surface area contributed by atoms with Crippen LogP contribution in [0.2, 0.25) is 0 Å². The molecule has 1 aliphatic carbocycles. The smallest absolute Gasteiger partial charge is 0.363 e. The van der Waals surface area contributed by atoms with Crippen molar-refractivity contribution in [3.8, 4) is 0 Å². The van der Waals surface area contributed by atoms with Crippen LogP contribution in [0.5, 0.6) is 0 Å². The quantitative estimate of drug-likeness (QED) is 0.512. The summed E-state index contributed by atoms with van der Waals surface area (Å²) in [5, 5.41) is 10.4. The molecule has 1 aromatic carbocycles. The molecule has 1 saturated heterocycles. The minimum atomic E-state index is -4.43.